The maximum absolute atomic E-state index is 13.4. The highest BCUT2D eigenvalue weighted by Gasteiger charge is 2.40. The van der Waals surface area contributed by atoms with Crippen LogP contribution in [0.15, 0.2) is 4.99 Å². The summed E-state index contributed by atoms with van der Waals surface area (Å²) in [5.74, 6) is -0.984. The van der Waals surface area contributed by atoms with Crippen LogP contribution < -0.4 is 27.8 Å². The van der Waals surface area contributed by atoms with Crippen LogP contribution in [0.4, 0.5) is 4.79 Å². The molecule has 0 aliphatic carbocycles. The number of carbonyl (C=O) groups is 3. The number of nitrogens with two attached hydrogens (primary N) is 3. The summed E-state index contributed by atoms with van der Waals surface area (Å²) in [5.41, 5.74) is 16.2. The minimum absolute atomic E-state index is 0.0632. The summed E-state index contributed by atoms with van der Waals surface area (Å²) in [6.07, 6.45) is 1.10. The lowest BCUT2D eigenvalue weighted by Crippen LogP contribution is -2.61. The average Bonchev–Trinajstić information content (AvgIpc) is 3.30. The SMILES string of the molecule is CC(C)COC(=O)N[C@H](CCCN=C(N)N)C(=O)N1CCC[C@H]1C(=O)N[C@H]1CCCN(C(=N)N)C1O. The van der Waals surface area contributed by atoms with Crippen molar-refractivity contribution in [3.05, 3.63) is 0 Å². The Morgan fingerprint density at radius 2 is 1.81 bits per heavy atom. The molecule has 204 valence electrons. The highest BCUT2D eigenvalue weighted by molar-refractivity contribution is 5.92. The molecule has 2 fully saturated rings. The fraction of sp³-hybridized carbons (Fsp3) is 0.773. The molecule has 0 saturated carbocycles. The van der Waals surface area contributed by atoms with Crippen LogP contribution in [0.1, 0.15) is 52.4 Å². The molecule has 10 N–H and O–H groups in total. The lowest BCUT2D eigenvalue weighted by molar-refractivity contribution is -0.141. The van der Waals surface area contributed by atoms with Gasteiger partial charge in [-0.25, -0.2) is 4.79 Å². The Hall–Kier alpha value is -3.29. The van der Waals surface area contributed by atoms with Gasteiger partial charge >= 0.3 is 6.09 Å². The number of nitrogens with one attached hydrogen (secondary N) is 3. The quantitative estimate of drug-likeness (QED) is 0.103. The molecule has 3 amide bonds. The number of likely N-dealkylation sites (tertiary alicyclic amines) is 2. The zero-order valence-corrected chi connectivity index (χ0v) is 21.1. The first-order valence-electron chi connectivity index (χ1n) is 12.4. The van der Waals surface area contributed by atoms with Gasteiger partial charge in [-0.1, -0.05) is 13.8 Å². The van der Waals surface area contributed by atoms with E-state index in [1.807, 2.05) is 13.8 Å². The molecule has 2 saturated heterocycles. The van der Waals surface area contributed by atoms with Crippen LogP contribution >= 0.6 is 0 Å². The monoisotopic (exact) mass is 511 g/mol. The molecule has 0 bridgehead atoms. The molecule has 2 heterocycles. The summed E-state index contributed by atoms with van der Waals surface area (Å²) in [4.78, 5) is 45.6. The van der Waals surface area contributed by atoms with Crippen molar-refractivity contribution in [2.45, 2.75) is 76.7 Å². The number of ether oxygens (including phenoxy) is 1. The zero-order valence-electron chi connectivity index (χ0n) is 21.1. The van der Waals surface area contributed by atoms with Crippen molar-refractivity contribution < 1.29 is 24.2 Å². The molecule has 2 aliphatic rings. The van der Waals surface area contributed by atoms with Gasteiger partial charge < -0.3 is 47.5 Å². The minimum Gasteiger partial charge on any atom is -0.449 e. The number of hydrogen-bond donors (Lipinski definition) is 7. The summed E-state index contributed by atoms with van der Waals surface area (Å²) in [6.45, 7) is 5.07. The van der Waals surface area contributed by atoms with E-state index in [1.54, 1.807) is 0 Å². The first-order chi connectivity index (χ1) is 17.0. The molecule has 4 atom stereocenters. The van der Waals surface area contributed by atoms with Gasteiger partial charge in [0.25, 0.3) is 0 Å². The molecule has 14 heteroatoms. The number of hydrogen-bond acceptors (Lipinski definition) is 7. The largest absolute Gasteiger partial charge is 0.449 e. The molecule has 2 rings (SSSR count). The Labute approximate surface area is 211 Å². The van der Waals surface area contributed by atoms with E-state index in [0.29, 0.717) is 45.2 Å². The molecular weight excluding hydrogens is 470 g/mol. The van der Waals surface area contributed by atoms with Gasteiger partial charge in [0, 0.05) is 19.6 Å². The molecule has 0 aromatic carbocycles. The van der Waals surface area contributed by atoms with Crippen LogP contribution in [0.25, 0.3) is 0 Å². The van der Waals surface area contributed by atoms with E-state index in [9.17, 15) is 19.5 Å². The normalized spacial score (nSPS) is 22.6. The molecule has 36 heavy (non-hydrogen) atoms. The first kappa shape index (κ1) is 28.9. The van der Waals surface area contributed by atoms with E-state index in [2.05, 4.69) is 15.6 Å². The highest BCUT2D eigenvalue weighted by Crippen LogP contribution is 2.22. The second-order valence-electron chi connectivity index (χ2n) is 9.58. The summed E-state index contributed by atoms with van der Waals surface area (Å²) < 4.78 is 5.18. The Bertz CT molecular complexity index is 818. The van der Waals surface area contributed by atoms with Crippen molar-refractivity contribution in [3.8, 4) is 0 Å². The number of aliphatic hydroxyl groups is 1. The molecule has 0 radical (unpaired) electrons. The third-order valence-electron chi connectivity index (χ3n) is 6.15. The smallest absolute Gasteiger partial charge is 0.407 e. The van der Waals surface area contributed by atoms with Gasteiger partial charge in [-0.2, -0.15) is 0 Å². The number of aliphatic imine (C=N–C) groups is 1. The van der Waals surface area contributed by atoms with Crippen LogP contribution in [0, 0.1) is 11.3 Å². The number of rotatable bonds is 10. The van der Waals surface area contributed by atoms with Crippen LogP contribution in [0.5, 0.6) is 0 Å². The number of carbonyl (C=O) groups excluding carboxylic acids is 3. The van der Waals surface area contributed by atoms with Gasteiger partial charge in [-0.15, -0.1) is 0 Å². The van der Waals surface area contributed by atoms with Crippen LogP contribution in [0.3, 0.4) is 0 Å². The maximum Gasteiger partial charge on any atom is 0.407 e. The van der Waals surface area contributed by atoms with Gasteiger partial charge in [0.1, 0.15) is 18.3 Å². The van der Waals surface area contributed by atoms with Crippen molar-refractivity contribution >= 4 is 29.8 Å². The van der Waals surface area contributed by atoms with E-state index >= 15 is 0 Å². The number of amides is 3. The van der Waals surface area contributed by atoms with E-state index < -0.39 is 42.3 Å². The number of nitrogens with zero attached hydrogens (tertiary/aromatic N) is 3. The van der Waals surface area contributed by atoms with Gasteiger partial charge in [0.2, 0.25) is 11.8 Å². The van der Waals surface area contributed by atoms with Crippen molar-refractivity contribution in [2.75, 3.05) is 26.2 Å². The van der Waals surface area contributed by atoms with Crippen LogP contribution in [0.2, 0.25) is 0 Å². The van der Waals surface area contributed by atoms with Crippen molar-refractivity contribution in [2.24, 2.45) is 28.1 Å². The molecular formula is C22H41N9O5. The van der Waals surface area contributed by atoms with Gasteiger partial charge in [-0.05, 0) is 44.4 Å². The summed E-state index contributed by atoms with van der Waals surface area (Å²) in [5, 5.41) is 23.6. The van der Waals surface area contributed by atoms with E-state index in [-0.39, 0.29) is 37.4 Å². The Morgan fingerprint density at radius 3 is 2.44 bits per heavy atom. The molecule has 0 aromatic heterocycles. The second kappa shape index (κ2) is 13.7. The van der Waals surface area contributed by atoms with E-state index in [1.165, 1.54) is 9.80 Å². The second-order valence-corrected chi connectivity index (χ2v) is 9.58. The number of piperidine rings is 1. The zero-order chi connectivity index (χ0) is 26.8. The van der Waals surface area contributed by atoms with Crippen molar-refractivity contribution in [1.29, 1.82) is 5.41 Å². The predicted octanol–water partition coefficient (Wildman–Crippen LogP) is -1.43. The molecule has 2 aliphatic heterocycles. The lowest BCUT2D eigenvalue weighted by atomic mass is 10.0. The third-order valence-corrected chi connectivity index (χ3v) is 6.15. The van der Waals surface area contributed by atoms with Crippen LogP contribution in [-0.2, 0) is 14.3 Å². The summed E-state index contributed by atoms with van der Waals surface area (Å²) >= 11 is 0. The Morgan fingerprint density at radius 1 is 1.14 bits per heavy atom. The van der Waals surface area contributed by atoms with Gasteiger partial charge in [0.15, 0.2) is 11.9 Å². The van der Waals surface area contributed by atoms with Crippen molar-refractivity contribution in [1.82, 2.24) is 20.4 Å². The van der Waals surface area contributed by atoms with E-state index in [0.717, 1.165) is 0 Å². The standard InChI is InChI=1S/C22H41N9O5/c1-13(2)12-36-22(35)29-15(6-3-9-27-20(23)24)18(33)30-10-5-8-16(30)17(32)28-14-7-4-11-31(19(14)34)21(25)26/h13-16,19,34H,3-12H2,1-2H3,(H3,25,26)(H,28,32)(H,29,35)(H4,23,24,27)/t14-,15+,16-,19?/m0/s1. The predicted molar refractivity (Wildman–Crippen MR) is 134 cm³/mol. The number of guanidine groups is 2. The molecule has 1 unspecified atom stereocenters. The summed E-state index contributed by atoms with van der Waals surface area (Å²) in [6, 6.07) is -2.28. The topological polar surface area (TPSA) is 225 Å². The maximum atomic E-state index is 13.4. The lowest BCUT2D eigenvalue weighted by Gasteiger charge is -2.39. The van der Waals surface area contributed by atoms with Gasteiger partial charge in [0.05, 0.1) is 12.6 Å². The number of alkyl carbamates (subject to hydrolysis) is 1. The highest BCUT2D eigenvalue weighted by atomic mass is 16.5. The van der Waals surface area contributed by atoms with Crippen LogP contribution in [-0.4, -0.2) is 95.3 Å². The number of aliphatic hydroxyl groups excluding tert-OH is 1. The Kier molecular flexibility index (Phi) is 11.0. The third kappa shape index (κ3) is 8.43. The molecule has 0 aromatic rings. The fourth-order valence-electron chi connectivity index (χ4n) is 4.36. The average molecular weight is 512 g/mol. The molecule has 0 spiro atoms. The molecule has 14 nitrogen and oxygen atoms in total. The minimum atomic E-state index is -1.12. The van der Waals surface area contributed by atoms with Gasteiger partial charge in [-0.3, -0.25) is 20.0 Å². The Balaban J connectivity index is 2.07. The van der Waals surface area contributed by atoms with Crippen molar-refractivity contribution in [3.63, 3.8) is 0 Å². The summed E-state index contributed by atoms with van der Waals surface area (Å²) in [7, 11) is 0. The fourth-order valence-corrected chi connectivity index (χ4v) is 4.36. The first-order valence-corrected chi connectivity index (χ1v) is 12.4. The van der Waals surface area contributed by atoms with E-state index in [4.69, 9.17) is 27.3 Å².